The minimum absolute atomic E-state index is 0.200. The summed E-state index contributed by atoms with van der Waals surface area (Å²) in [6.45, 7) is 1.93. The number of carbonyl (C=O) groups is 1. The first-order valence-electron chi connectivity index (χ1n) is 6.21. The van der Waals surface area contributed by atoms with Crippen LogP contribution < -0.4 is 5.43 Å². The molecule has 5 heteroatoms. The number of benzene rings is 2. The van der Waals surface area contributed by atoms with Crippen molar-refractivity contribution in [3.8, 4) is 6.07 Å². The quantitative estimate of drug-likeness (QED) is 0.530. The van der Waals surface area contributed by atoms with Gasteiger partial charge >= 0.3 is 0 Å². The van der Waals surface area contributed by atoms with Crippen LogP contribution in [-0.4, -0.2) is 11.5 Å². The zero-order valence-electron chi connectivity index (χ0n) is 11.3. The first kappa shape index (κ1) is 14.8. The molecule has 0 atom stereocenters. The minimum atomic E-state index is -0.418. The van der Waals surface area contributed by atoms with Crippen molar-refractivity contribution in [2.45, 2.75) is 6.92 Å². The number of aryl methyl sites for hydroxylation is 1. The molecule has 0 aliphatic carbocycles. The van der Waals surface area contributed by atoms with E-state index in [2.05, 4.69) is 10.5 Å². The standard InChI is InChI=1S/C16H12ClN3O/c1-11-2-4-12(5-3-11)16(21)15(10-18)20-19-14-8-6-13(17)7-9-14/h2-9,19H,1H3/b20-15-. The van der Waals surface area contributed by atoms with Gasteiger partial charge in [0, 0.05) is 10.6 Å². The molecule has 2 aromatic rings. The van der Waals surface area contributed by atoms with Gasteiger partial charge in [0.05, 0.1) is 5.69 Å². The molecule has 0 aromatic heterocycles. The highest BCUT2D eigenvalue weighted by Gasteiger charge is 2.13. The fraction of sp³-hybridized carbons (Fsp3) is 0.0625. The van der Waals surface area contributed by atoms with Crippen LogP contribution in [0.15, 0.2) is 53.6 Å². The lowest BCUT2D eigenvalue weighted by Crippen LogP contribution is -2.14. The Labute approximate surface area is 127 Å². The summed E-state index contributed by atoms with van der Waals surface area (Å²) in [5, 5.41) is 13.5. The molecule has 21 heavy (non-hydrogen) atoms. The Morgan fingerprint density at radius 1 is 1.14 bits per heavy atom. The third-order valence-corrected chi connectivity index (χ3v) is 3.03. The second-order valence-electron chi connectivity index (χ2n) is 4.39. The van der Waals surface area contributed by atoms with Crippen LogP contribution in [0, 0.1) is 18.3 Å². The molecule has 2 aromatic carbocycles. The van der Waals surface area contributed by atoms with Crippen molar-refractivity contribution in [3.63, 3.8) is 0 Å². The molecule has 0 heterocycles. The van der Waals surface area contributed by atoms with Crippen LogP contribution in [0.4, 0.5) is 5.69 Å². The van der Waals surface area contributed by atoms with Crippen LogP contribution in [-0.2, 0) is 0 Å². The van der Waals surface area contributed by atoms with Gasteiger partial charge in [-0.2, -0.15) is 10.4 Å². The van der Waals surface area contributed by atoms with Gasteiger partial charge in [-0.15, -0.1) is 0 Å². The highest BCUT2D eigenvalue weighted by molar-refractivity contribution is 6.51. The maximum atomic E-state index is 12.1. The van der Waals surface area contributed by atoms with E-state index in [0.29, 0.717) is 16.3 Å². The summed E-state index contributed by atoms with van der Waals surface area (Å²) in [7, 11) is 0. The van der Waals surface area contributed by atoms with Crippen molar-refractivity contribution in [3.05, 3.63) is 64.7 Å². The number of ketones is 1. The molecule has 0 amide bonds. The molecule has 0 fully saturated rings. The van der Waals surface area contributed by atoms with Crippen LogP contribution in [0.2, 0.25) is 5.02 Å². The summed E-state index contributed by atoms with van der Waals surface area (Å²) in [5.74, 6) is -0.418. The maximum absolute atomic E-state index is 12.1. The van der Waals surface area contributed by atoms with Crippen molar-refractivity contribution in [1.82, 2.24) is 0 Å². The molecule has 1 N–H and O–H groups in total. The zero-order chi connectivity index (χ0) is 15.2. The molecular weight excluding hydrogens is 286 g/mol. The predicted octanol–water partition coefficient (Wildman–Crippen LogP) is 3.82. The Morgan fingerprint density at radius 2 is 1.76 bits per heavy atom. The van der Waals surface area contributed by atoms with Crippen molar-refractivity contribution < 1.29 is 4.79 Å². The van der Waals surface area contributed by atoms with Gasteiger partial charge in [-0.05, 0) is 31.2 Å². The SMILES string of the molecule is Cc1ccc(C(=O)/C(C#N)=N\Nc2ccc(Cl)cc2)cc1. The summed E-state index contributed by atoms with van der Waals surface area (Å²) >= 11 is 5.77. The van der Waals surface area contributed by atoms with Crippen LogP contribution in [0.5, 0.6) is 0 Å². The third kappa shape index (κ3) is 3.91. The van der Waals surface area contributed by atoms with Crippen LogP contribution in [0.1, 0.15) is 15.9 Å². The number of carbonyl (C=O) groups excluding carboxylic acids is 1. The second kappa shape index (κ2) is 6.69. The van der Waals surface area contributed by atoms with E-state index >= 15 is 0 Å². The number of hydrazone groups is 1. The van der Waals surface area contributed by atoms with E-state index in [-0.39, 0.29) is 5.71 Å². The van der Waals surface area contributed by atoms with E-state index in [0.717, 1.165) is 5.56 Å². The molecule has 0 aliphatic rings. The Balaban J connectivity index is 2.17. The number of anilines is 1. The molecular formula is C16H12ClN3O. The van der Waals surface area contributed by atoms with Crippen molar-refractivity contribution in [1.29, 1.82) is 5.26 Å². The van der Waals surface area contributed by atoms with E-state index in [1.165, 1.54) is 0 Å². The summed E-state index contributed by atoms with van der Waals surface area (Å²) in [6.07, 6.45) is 0. The number of Topliss-reactive ketones (excluding diaryl/α,β-unsaturated/α-hetero) is 1. The average Bonchev–Trinajstić information content (AvgIpc) is 2.50. The number of nitrogens with one attached hydrogen (secondary N) is 1. The van der Waals surface area contributed by atoms with Gasteiger partial charge in [-0.25, -0.2) is 0 Å². The lowest BCUT2D eigenvalue weighted by atomic mass is 10.1. The first-order chi connectivity index (χ1) is 10.1. The lowest BCUT2D eigenvalue weighted by Gasteiger charge is -2.02. The largest absolute Gasteiger partial charge is 0.286 e. The van der Waals surface area contributed by atoms with E-state index in [9.17, 15) is 4.79 Å². The van der Waals surface area contributed by atoms with E-state index in [1.807, 2.05) is 25.1 Å². The summed E-state index contributed by atoms with van der Waals surface area (Å²) < 4.78 is 0. The summed E-state index contributed by atoms with van der Waals surface area (Å²) in [6, 6.07) is 15.6. The topological polar surface area (TPSA) is 65.2 Å². The molecule has 104 valence electrons. The number of halogens is 1. The smallest absolute Gasteiger partial charge is 0.223 e. The molecule has 2 rings (SSSR count). The Kier molecular flexibility index (Phi) is 4.70. The van der Waals surface area contributed by atoms with Gasteiger partial charge in [0.2, 0.25) is 11.5 Å². The second-order valence-corrected chi connectivity index (χ2v) is 4.82. The predicted molar refractivity (Wildman–Crippen MR) is 83.6 cm³/mol. The normalized spacial score (nSPS) is 10.8. The Bertz CT molecular complexity index is 713. The van der Waals surface area contributed by atoms with Crippen LogP contribution in [0.25, 0.3) is 0 Å². The van der Waals surface area contributed by atoms with Gasteiger partial charge in [0.15, 0.2) is 0 Å². The van der Waals surface area contributed by atoms with E-state index in [1.54, 1.807) is 36.4 Å². The summed E-state index contributed by atoms with van der Waals surface area (Å²) in [5.41, 5.74) is 4.59. The van der Waals surface area contributed by atoms with Crippen molar-refractivity contribution >= 4 is 28.8 Å². The van der Waals surface area contributed by atoms with Gasteiger partial charge in [0.25, 0.3) is 0 Å². The summed E-state index contributed by atoms with van der Waals surface area (Å²) in [4.78, 5) is 12.1. The van der Waals surface area contributed by atoms with E-state index in [4.69, 9.17) is 16.9 Å². The average molecular weight is 298 g/mol. The Morgan fingerprint density at radius 3 is 2.33 bits per heavy atom. The molecule has 0 saturated carbocycles. The molecule has 0 radical (unpaired) electrons. The lowest BCUT2D eigenvalue weighted by molar-refractivity contribution is 0.106. The highest BCUT2D eigenvalue weighted by atomic mass is 35.5. The highest BCUT2D eigenvalue weighted by Crippen LogP contribution is 2.13. The molecule has 0 bridgehead atoms. The van der Waals surface area contributed by atoms with Gasteiger partial charge in [-0.1, -0.05) is 41.4 Å². The molecule has 0 spiro atoms. The first-order valence-corrected chi connectivity index (χ1v) is 6.58. The number of hydrogen-bond acceptors (Lipinski definition) is 4. The number of rotatable bonds is 4. The number of nitrogens with zero attached hydrogens (tertiary/aromatic N) is 2. The minimum Gasteiger partial charge on any atom is -0.286 e. The van der Waals surface area contributed by atoms with Crippen LogP contribution in [0.3, 0.4) is 0 Å². The molecule has 0 aliphatic heterocycles. The zero-order valence-corrected chi connectivity index (χ0v) is 12.1. The Hall–Kier alpha value is -2.64. The van der Waals surface area contributed by atoms with Gasteiger partial charge < -0.3 is 0 Å². The monoisotopic (exact) mass is 297 g/mol. The fourth-order valence-corrected chi connectivity index (χ4v) is 1.74. The molecule has 0 unspecified atom stereocenters. The number of nitriles is 1. The van der Waals surface area contributed by atoms with Crippen LogP contribution >= 0.6 is 11.6 Å². The van der Waals surface area contributed by atoms with Crippen molar-refractivity contribution in [2.24, 2.45) is 5.10 Å². The fourth-order valence-electron chi connectivity index (χ4n) is 1.61. The number of hydrogen-bond donors (Lipinski definition) is 1. The third-order valence-electron chi connectivity index (χ3n) is 2.78. The molecule has 0 saturated heterocycles. The van der Waals surface area contributed by atoms with Gasteiger partial charge in [0.1, 0.15) is 6.07 Å². The molecule has 4 nitrogen and oxygen atoms in total. The van der Waals surface area contributed by atoms with Gasteiger partial charge in [-0.3, -0.25) is 10.2 Å². The maximum Gasteiger partial charge on any atom is 0.223 e. The van der Waals surface area contributed by atoms with E-state index < -0.39 is 5.78 Å². The van der Waals surface area contributed by atoms with Crippen molar-refractivity contribution in [2.75, 3.05) is 5.43 Å².